The summed E-state index contributed by atoms with van der Waals surface area (Å²) in [4.78, 5) is 21.9. The number of rotatable bonds is 8. The maximum atomic E-state index is 13.8. The first-order valence-corrected chi connectivity index (χ1v) is 12.1. The average molecular weight is 463 g/mol. The van der Waals surface area contributed by atoms with Gasteiger partial charge >= 0.3 is 6.03 Å². The molecule has 1 saturated heterocycles. The Labute approximate surface area is 202 Å². The molecular weight excluding hydrogens is 428 g/mol. The van der Waals surface area contributed by atoms with Gasteiger partial charge in [0, 0.05) is 20.3 Å². The van der Waals surface area contributed by atoms with Gasteiger partial charge < -0.3 is 14.4 Å². The topological polar surface area (TPSA) is 78.7 Å². The maximum absolute atomic E-state index is 13.8. The molecule has 0 unspecified atom stereocenters. The Morgan fingerprint density at radius 1 is 1.09 bits per heavy atom. The van der Waals surface area contributed by atoms with Gasteiger partial charge in [-0.3, -0.25) is 4.90 Å². The average Bonchev–Trinajstić information content (AvgIpc) is 3.16. The van der Waals surface area contributed by atoms with Gasteiger partial charge in [0.25, 0.3) is 0 Å². The number of amides is 2. The predicted octanol–water partition coefficient (Wildman–Crippen LogP) is 4.90. The van der Waals surface area contributed by atoms with Gasteiger partial charge in [-0.25, -0.2) is 9.78 Å². The van der Waals surface area contributed by atoms with Crippen molar-refractivity contribution in [3.8, 4) is 11.9 Å². The number of anilines is 1. The van der Waals surface area contributed by atoms with Gasteiger partial charge in [-0.05, 0) is 61.6 Å². The van der Waals surface area contributed by atoms with Crippen molar-refractivity contribution in [3.63, 3.8) is 0 Å². The summed E-state index contributed by atoms with van der Waals surface area (Å²) in [5, 5.41) is 9.22. The van der Waals surface area contributed by atoms with Crippen LogP contribution < -0.4 is 9.64 Å². The van der Waals surface area contributed by atoms with Crippen LogP contribution in [0, 0.1) is 11.3 Å². The minimum absolute atomic E-state index is 0.0235. The summed E-state index contributed by atoms with van der Waals surface area (Å²) >= 11 is 0. The Morgan fingerprint density at radius 3 is 2.44 bits per heavy atom. The molecule has 2 heterocycles. The van der Waals surface area contributed by atoms with Crippen LogP contribution in [0.2, 0.25) is 0 Å². The number of benzene rings is 1. The largest absolute Gasteiger partial charge is 0.479 e. The van der Waals surface area contributed by atoms with Crippen molar-refractivity contribution in [3.05, 3.63) is 53.7 Å². The Bertz CT molecular complexity index is 1040. The summed E-state index contributed by atoms with van der Waals surface area (Å²) in [6.07, 6.45) is 5.84. The molecule has 7 nitrogen and oxygen atoms in total. The molecule has 4 rings (SSSR count). The van der Waals surface area contributed by atoms with E-state index < -0.39 is 0 Å². The van der Waals surface area contributed by atoms with Crippen LogP contribution in [0.4, 0.5) is 10.5 Å². The van der Waals surface area contributed by atoms with Crippen molar-refractivity contribution in [1.29, 1.82) is 5.26 Å². The van der Waals surface area contributed by atoms with Gasteiger partial charge in [-0.2, -0.15) is 5.26 Å². The lowest BCUT2D eigenvalue weighted by atomic mass is 9.62. The Hall–Kier alpha value is -3.11. The van der Waals surface area contributed by atoms with Crippen LogP contribution in [0.1, 0.15) is 56.7 Å². The van der Waals surface area contributed by atoms with E-state index in [0.717, 1.165) is 38.5 Å². The molecule has 1 aliphatic carbocycles. The maximum Gasteiger partial charge on any atom is 0.325 e. The Morgan fingerprint density at radius 2 is 1.82 bits per heavy atom. The molecule has 0 bridgehead atoms. The van der Waals surface area contributed by atoms with Gasteiger partial charge in [0.1, 0.15) is 17.5 Å². The minimum Gasteiger partial charge on any atom is -0.479 e. The zero-order valence-electron chi connectivity index (χ0n) is 20.4. The number of urea groups is 1. The third kappa shape index (κ3) is 4.23. The fourth-order valence-corrected chi connectivity index (χ4v) is 5.79. The number of hydrogen-bond acceptors (Lipinski definition) is 5. The van der Waals surface area contributed by atoms with Gasteiger partial charge in [0.2, 0.25) is 5.88 Å². The number of carbonyl (C=O) groups is 1. The first-order valence-electron chi connectivity index (χ1n) is 12.1. The summed E-state index contributed by atoms with van der Waals surface area (Å²) in [6, 6.07) is 16.3. The number of ether oxygens (including phenoxy) is 2. The number of methoxy groups -OCH3 is 2. The monoisotopic (exact) mass is 462 g/mol. The third-order valence-electron chi connectivity index (χ3n) is 7.86. The molecule has 0 radical (unpaired) electrons. The molecule has 2 fully saturated rings. The zero-order valence-corrected chi connectivity index (χ0v) is 20.4. The van der Waals surface area contributed by atoms with Crippen molar-refractivity contribution in [1.82, 2.24) is 9.88 Å². The lowest BCUT2D eigenvalue weighted by Gasteiger charge is -2.48. The smallest absolute Gasteiger partial charge is 0.325 e. The summed E-state index contributed by atoms with van der Waals surface area (Å²) in [6.45, 7) is 4.14. The van der Waals surface area contributed by atoms with Crippen molar-refractivity contribution in [2.24, 2.45) is 0 Å². The lowest BCUT2D eigenvalue weighted by molar-refractivity contribution is 0.0786. The normalized spacial score (nSPS) is 24.5. The molecular formula is C27H34N4O3. The lowest BCUT2D eigenvalue weighted by Crippen LogP contribution is -2.52. The Balaban J connectivity index is 1.65. The predicted molar refractivity (Wildman–Crippen MR) is 131 cm³/mol. The van der Waals surface area contributed by atoms with Crippen LogP contribution in [0.5, 0.6) is 5.88 Å². The quantitative estimate of drug-likeness (QED) is 0.521. The highest BCUT2D eigenvalue weighted by Crippen LogP contribution is 2.50. The molecule has 1 aliphatic heterocycles. The standard InChI is InChI=1S/C27H34N4O3/c1-4-26(21-9-6-5-7-10-21)13-15-27(16-14-26)20-30(25(32)31(27)17-8-18-33-2)23-12-11-22(19-28)29-24(23)34-3/h5-7,9-12H,4,8,13-18,20H2,1-3H3/t26-,27-. The van der Waals surface area contributed by atoms with Crippen molar-refractivity contribution in [2.75, 3.05) is 38.8 Å². The molecule has 1 aromatic heterocycles. The number of pyridine rings is 1. The molecule has 34 heavy (non-hydrogen) atoms. The molecule has 2 amide bonds. The van der Waals surface area contributed by atoms with Crippen LogP contribution in [0.3, 0.4) is 0 Å². The summed E-state index contributed by atoms with van der Waals surface area (Å²) in [5.74, 6) is 0.310. The number of nitriles is 1. The van der Waals surface area contributed by atoms with E-state index in [1.54, 1.807) is 24.1 Å². The molecule has 1 spiro atoms. The van der Waals surface area contributed by atoms with Crippen molar-refractivity contribution >= 4 is 11.7 Å². The van der Waals surface area contributed by atoms with E-state index >= 15 is 0 Å². The SMILES string of the molecule is CC[C@]1(c2ccccc2)CC[C@]2(CC1)CN(c1ccc(C#N)nc1OC)C(=O)N2CCCOC. The first kappa shape index (κ1) is 24.0. The molecule has 2 aromatic rings. The number of aromatic nitrogens is 1. The fraction of sp³-hybridized carbons (Fsp3) is 0.519. The second kappa shape index (κ2) is 10.0. The van der Waals surface area contributed by atoms with Gasteiger partial charge in [-0.15, -0.1) is 0 Å². The van der Waals surface area contributed by atoms with Gasteiger partial charge in [0.15, 0.2) is 0 Å². The van der Waals surface area contributed by atoms with Gasteiger partial charge in [0.05, 0.1) is 19.2 Å². The number of carbonyl (C=O) groups excluding carboxylic acids is 1. The van der Waals surface area contributed by atoms with E-state index in [9.17, 15) is 10.1 Å². The van der Waals surface area contributed by atoms with E-state index in [1.165, 1.54) is 12.7 Å². The molecule has 1 aromatic carbocycles. The van der Waals surface area contributed by atoms with Crippen LogP contribution in [0.15, 0.2) is 42.5 Å². The van der Waals surface area contributed by atoms with E-state index in [1.807, 2.05) is 6.07 Å². The van der Waals surface area contributed by atoms with E-state index in [0.29, 0.717) is 31.3 Å². The first-order chi connectivity index (χ1) is 16.5. The van der Waals surface area contributed by atoms with Crippen LogP contribution in [-0.2, 0) is 10.2 Å². The van der Waals surface area contributed by atoms with Crippen LogP contribution in [0.25, 0.3) is 0 Å². The number of nitrogens with zero attached hydrogens (tertiary/aromatic N) is 4. The Kier molecular flexibility index (Phi) is 7.08. The van der Waals surface area contributed by atoms with Crippen molar-refractivity contribution < 1.29 is 14.3 Å². The number of hydrogen-bond donors (Lipinski definition) is 0. The van der Waals surface area contributed by atoms with E-state index in [2.05, 4.69) is 47.1 Å². The molecule has 1 saturated carbocycles. The van der Waals surface area contributed by atoms with Crippen LogP contribution in [-0.4, -0.2) is 55.4 Å². The van der Waals surface area contributed by atoms with Gasteiger partial charge in [-0.1, -0.05) is 37.3 Å². The highest BCUT2D eigenvalue weighted by atomic mass is 16.5. The van der Waals surface area contributed by atoms with E-state index in [4.69, 9.17) is 9.47 Å². The summed E-state index contributed by atoms with van der Waals surface area (Å²) in [7, 11) is 3.22. The molecule has 7 heteroatoms. The molecule has 180 valence electrons. The second-order valence-corrected chi connectivity index (χ2v) is 9.43. The summed E-state index contributed by atoms with van der Waals surface area (Å²) in [5.41, 5.74) is 2.20. The second-order valence-electron chi connectivity index (χ2n) is 9.43. The minimum atomic E-state index is -0.239. The van der Waals surface area contributed by atoms with Crippen LogP contribution >= 0.6 is 0 Å². The highest BCUT2D eigenvalue weighted by Gasteiger charge is 2.54. The molecule has 0 N–H and O–H groups in total. The summed E-state index contributed by atoms with van der Waals surface area (Å²) < 4.78 is 10.8. The molecule has 0 atom stereocenters. The fourth-order valence-electron chi connectivity index (χ4n) is 5.79. The zero-order chi connectivity index (χ0) is 24.2. The third-order valence-corrected chi connectivity index (χ3v) is 7.86. The molecule has 2 aliphatic rings. The highest BCUT2D eigenvalue weighted by molar-refractivity contribution is 5.96. The van der Waals surface area contributed by atoms with E-state index in [-0.39, 0.29) is 22.7 Å². The van der Waals surface area contributed by atoms with Crippen molar-refractivity contribution in [2.45, 2.75) is 56.4 Å².